The maximum atomic E-state index is 13.0. The first-order valence-electron chi connectivity index (χ1n) is 10.1. The molecule has 1 fully saturated rings. The molecular formula is C23H22BrFN2O5S. The number of ether oxygens (including phenoxy) is 2. The van der Waals surface area contributed by atoms with Gasteiger partial charge in [0.2, 0.25) is 0 Å². The molecule has 0 spiro atoms. The highest BCUT2D eigenvalue weighted by molar-refractivity contribution is 9.10. The van der Waals surface area contributed by atoms with E-state index in [1.807, 2.05) is 0 Å². The molecule has 2 aromatic carbocycles. The van der Waals surface area contributed by atoms with Crippen LogP contribution in [0.3, 0.4) is 0 Å². The fraction of sp³-hybridized carbons (Fsp3) is 0.261. The number of carbonyl (C=O) groups is 3. The molecule has 1 N–H and O–H groups in total. The minimum atomic E-state index is -0.424. The van der Waals surface area contributed by atoms with Crippen molar-refractivity contribution in [3.8, 4) is 11.5 Å². The summed E-state index contributed by atoms with van der Waals surface area (Å²) >= 11 is 4.33. The van der Waals surface area contributed by atoms with Crippen LogP contribution in [0.25, 0.3) is 6.08 Å². The summed E-state index contributed by atoms with van der Waals surface area (Å²) in [6.07, 6.45) is 1.62. The van der Waals surface area contributed by atoms with Crippen LogP contribution in [0, 0.1) is 5.82 Å². The molecule has 174 valence electrons. The molecule has 0 radical (unpaired) electrons. The van der Waals surface area contributed by atoms with E-state index in [0.717, 1.165) is 11.8 Å². The van der Waals surface area contributed by atoms with E-state index in [2.05, 4.69) is 21.2 Å². The average Bonchev–Trinajstić information content (AvgIpc) is 3.04. The molecule has 1 aliphatic rings. The number of benzene rings is 2. The Labute approximate surface area is 203 Å². The van der Waals surface area contributed by atoms with E-state index in [1.165, 1.54) is 29.2 Å². The Morgan fingerprint density at radius 1 is 1.18 bits per heavy atom. The third-order valence-electron chi connectivity index (χ3n) is 4.48. The Morgan fingerprint density at radius 3 is 2.45 bits per heavy atom. The molecule has 3 amide bonds. The van der Waals surface area contributed by atoms with Crippen LogP contribution in [0.4, 0.5) is 14.9 Å². The zero-order chi connectivity index (χ0) is 24.1. The largest absolute Gasteiger partial charge is 0.490 e. The minimum absolute atomic E-state index is 0.234. The molecule has 33 heavy (non-hydrogen) atoms. The summed E-state index contributed by atoms with van der Waals surface area (Å²) in [6, 6.07) is 8.46. The first-order chi connectivity index (χ1) is 15.7. The second kappa shape index (κ2) is 10.8. The molecule has 0 unspecified atom stereocenters. The van der Waals surface area contributed by atoms with Gasteiger partial charge in [0.15, 0.2) is 18.1 Å². The molecule has 1 aliphatic heterocycles. The van der Waals surface area contributed by atoms with Gasteiger partial charge in [0, 0.05) is 16.2 Å². The molecule has 0 atom stereocenters. The van der Waals surface area contributed by atoms with Crippen molar-refractivity contribution in [2.45, 2.75) is 26.8 Å². The minimum Gasteiger partial charge on any atom is -0.490 e. The number of hydrogen-bond donors (Lipinski definition) is 1. The third kappa shape index (κ3) is 6.14. The lowest BCUT2D eigenvalue weighted by atomic mass is 10.1. The summed E-state index contributed by atoms with van der Waals surface area (Å²) in [6.45, 7) is 5.42. The number of carbonyl (C=O) groups excluding carboxylic acids is 3. The van der Waals surface area contributed by atoms with Gasteiger partial charge in [-0.3, -0.25) is 19.3 Å². The highest BCUT2D eigenvalue weighted by Gasteiger charge is 2.36. The number of rotatable bonds is 8. The van der Waals surface area contributed by atoms with Crippen molar-refractivity contribution in [3.05, 3.63) is 57.2 Å². The Balaban J connectivity index is 1.77. The summed E-state index contributed by atoms with van der Waals surface area (Å²) in [7, 11) is 0. The van der Waals surface area contributed by atoms with Gasteiger partial charge in [0.1, 0.15) is 5.82 Å². The smallest absolute Gasteiger partial charge is 0.293 e. The van der Waals surface area contributed by atoms with Gasteiger partial charge in [-0.05, 0) is 80.6 Å². The SMILES string of the molecule is CCOc1cc(/C=C2/SC(=O)N(C(C)C)C2=O)c(Br)cc1OCC(=O)Nc1ccc(F)cc1. The molecule has 3 rings (SSSR count). The normalized spacial score (nSPS) is 14.8. The summed E-state index contributed by atoms with van der Waals surface area (Å²) in [4.78, 5) is 38.5. The molecular weight excluding hydrogens is 515 g/mol. The van der Waals surface area contributed by atoms with Gasteiger partial charge in [0.25, 0.3) is 17.1 Å². The summed E-state index contributed by atoms with van der Waals surface area (Å²) in [5, 5.41) is 2.31. The highest BCUT2D eigenvalue weighted by atomic mass is 79.9. The lowest BCUT2D eigenvalue weighted by Gasteiger charge is -2.16. The zero-order valence-electron chi connectivity index (χ0n) is 18.2. The number of anilines is 1. The molecule has 7 nitrogen and oxygen atoms in total. The van der Waals surface area contributed by atoms with E-state index in [1.54, 1.807) is 39.0 Å². The number of imide groups is 1. The molecule has 0 saturated carbocycles. The van der Waals surface area contributed by atoms with Crippen molar-refractivity contribution in [1.29, 1.82) is 0 Å². The van der Waals surface area contributed by atoms with Gasteiger partial charge in [-0.2, -0.15) is 0 Å². The number of nitrogens with one attached hydrogen (secondary N) is 1. The van der Waals surface area contributed by atoms with Crippen LogP contribution in [0.1, 0.15) is 26.3 Å². The van der Waals surface area contributed by atoms with Crippen molar-refractivity contribution in [2.75, 3.05) is 18.5 Å². The predicted molar refractivity (Wildman–Crippen MR) is 129 cm³/mol. The topological polar surface area (TPSA) is 84.9 Å². The van der Waals surface area contributed by atoms with Crippen LogP contribution in [-0.4, -0.2) is 41.2 Å². The van der Waals surface area contributed by atoms with E-state index >= 15 is 0 Å². The molecule has 0 aliphatic carbocycles. The second-order valence-electron chi connectivity index (χ2n) is 7.24. The van der Waals surface area contributed by atoms with Gasteiger partial charge in [-0.25, -0.2) is 4.39 Å². The van der Waals surface area contributed by atoms with Crippen molar-refractivity contribution < 1.29 is 28.2 Å². The van der Waals surface area contributed by atoms with E-state index < -0.39 is 11.7 Å². The van der Waals surface area contributed by atoms with Gasteiger partial charge in [-0.1, -0.05) is 15.9 Å². The summed E-state index contributed by atoms with van der Waals surface area (Å²) < 4.78 is 24.9. The van der Waals surface area contributed by atoms with Crippen LogP contribution in [0.15, 0.2) is 45.8 Å². The third-order valence-corrected chi connectivity index (χ3v) is 6.05. The van der Waals surface area contributed by atoms with Crippen LogP contribution < -0.4 is 14.8 Å². The second-order valence-corrected chi connectivity index (χ2v) is 9.09. The molecule has 10 heteroatoms. The van der Waals surface area contributed by atoms with Gasteiger partial charge in [0.05, 0.1) is 11.5 Å². The first kappa shape index (κ1) is 24.8. The number of thioether (sulfide) groups is 1. The Kier molecular flexibility index (Phi) is 8.15. The average molecular weight is 537 g/mol. The lowest BCUT2D eigenvalue weighted by molar-refractivity contribution is -0.123. The van der Waals surface area contributed by atoms with Crippen molar-refractivity contribution in [1.82, 2.24) is 4.90 Å². The number of amides is 3. The predicted octanol–water partition coefficient (Wildman–Crippen LogP) is 5.45. The van der Waals surface area contributed by atoms with Crippen molar-refractivity contribution in [2.24, 2.45) is 0 Å². The van der Waals surface area contributed by atoms with Crippen molar-refractivity contribution >= 4 is 56.5 Å². The summed E-state index contributed by atoms with van der Waals surface area (Å²) in [5.41, 5.74) is 1.07. The van der Waals surface area contributed by atoms with Gasteiger partial charge in [-0.15, -0.1) is 0 Å². The summed E-state index contributed by atoms with van der Waals surface area (Å²) in [5.74, 6) is -0.464. The van der Waals surface area contributed by atoms with Crippen LogP contribution in [0.5, 0.6) is 11.5 Å². The van der Waals surface area contributed by atoms with Gasteiger partial charge >= 0.3 is 0 Å². The zero-order valence-corrected chi connectivity index (χ0v) is 20.6. The van der Waals surface area contributed by atoms with Crippen LogP contribution in [-0.2, 0) is 9.59 Å². The Morgan fingerprint density at radius 2 is 1.85 bits per heavy atom. The molecule has 2 aromatic rings. The maximum Gasteiger partial charge on any atom is 0.293 e. The Hall–Kier alpha value is -2.85. The fourth-order valence-electron chi connectivity index (χ4n) is 2.98. The molecule has 0 aromatic heterocycles. The lowest BCUT2D eigenvalue weighted by Crippen LogP contribution is -2.34. The molecule has 1 heterocycles. The standard InChI is InChI=1S/C23H22BrFN2O5S/c1-4-31-18-9-14(10-20-22(29)27(13(2)3)23(30)33-20)17(24)11-19(18)32-12-21(28)26-16-7-5-15(25)6-8-16/h5-11,13H,4,12H2,1-3H3,(H,26,28)/b20-10+. The highest BCUT2D eigenvalue weighted by Crippen LogP contribution is 2.38. The Bertz CT molecular complexity index is 1100. The van der Waals surface area contributed by atoms with E-state index in [9.17, 15) is 18.8 Å². The van der Waals surface area contributed by atoms with E-state index in [0.29, 0.717) is 38.7 Å². The number of halogens is 2. The maximum absolute atomic E-state index is 13.0. The molecule has 1 saturated heterocycles. The quantitative estimate of drug-likeness (QED) is 0.451. The number of nitrogens with zero attached hydrogens (tertiary/aromatic N) is 1. The monoisotopic (exact) mass is 536 g/mol. The van der Waals surface area contributed by atoms with Gasteiger partial charge < -0.3 is 14.8 Å². The van der Waals surface area contributed by atoms with Crippen LogP contribution in [0.2, 0.25) is 0 Å². The molecule has 0 bridgehead atoms. The first-order valence-corrected chi connectivity index (χ1v) is 11.7. The fourth-order valence-corrected chi connectivity index (χ4v) is 4.37. The van der Waals surface area contributed by atoms with Crippen LogP contribution >= 0.6 is 27.7 Å². The number of hydrogen-bond acceptors (Lipinski definition) is 6. The van der Waals surface area contributed by atoms with E-state index in [-0.39, 0.29) is 23.8 Å². The van der Waals surface area contributed by atoms with E-state index in [4.69, 9.17) is 9.47 Å². The van der Waals surface area contributed by atoms with Crippen molar-refractivity contribution in [3.63, 3.8) is 0 Å².